The lowest BCUT2D eigenvalue weighted by Gasteiger charge is -2.13. The van der Waals surface area contributed by atoms with Gasteiger partial charge in [0.15, 0.2) is 0 Å². The van der Waals surface area contributed by atoms with Crippen LogP contribution < -0.4 is 5.32 Å². The smallest absolute Gasteiger partial charge is 0.123 e. The normalized spacial score (nSPS) is 17.5. The molecule has 1 aromatic carbocycles. The minimum atomic E-state index is -0.219. The predicted molar refractivity (Wildman–Crippen MR) is 115 cm³/mol. The van der Waals surface area contributed by atoms with Crippen LogP contribution in [0.15, 0.2) is 29.6 Å². The van der Waals surface area contributed by atoms with E-state index >= 15 is 0 Å². The number of hydrogen-bond donors (Lipinski definition) is 1. The topological polar surface area (TPSA) is 34.1 Å². The molecule has 3 rings (SSSR count). The second-order valence-corrected chi connectivity index (χ2v) is 8.75. The standard InChI is InChI=1S/C23H33FN2OS/c24-21-12-10-20(11-13-21)22-18-28-23(26-22)17-27-15-7-3-1-2-4-8-19-9-5-6-14-25-16-19/h10-13,18-19,25H,1-9,14-17H2. The van der Waals surface area contributed by atoms with E-state index < -0.39 is 0 Å². The molecule has 2 aromatic rings. The first kappa shape index (κ1) is 21.4. The van der Waals surface area contributed by atoms with Gasteiger partial charge in [0.1, 0.15) is 10.8 Å². The maximum Gasteiger partial charge on any atom is 0.123 e. The lowest BCUT2D eigenvalue weighted by Crippen LogP contribution is -2.20. The molecule has 0 saturated carbocycles. The molecular formula is C23H33FN2OS. The Morgan fingerprint density at radius 2 is 1.89 bits per heavy atom. The van der Waals surface area contributed by atoms with Crippen LogP contribution in [0.1, 0.15) is 62.8 Å². The van der Waals surface area contributed by atoms with E-state index in [-0.39, 0.29) is 5.82 Å². The molecule has 1 unspecified atom stereocenters. The van der Waals surface area contributed by atoms with E-state index in [1.54, 1.807) is 23.5 Å². The van der Waals surface area contributed by atoms with Crippen molar-refractivity contribution in [3.8, 4) is 11.3 Å². The molecule has 1 aliphatic heterocycles. The highest BCUT2D eigenvalue weighted by molar-refractivity contribution is 7.09. The van der Waals surface area contributed by atoms with Gasteiger partial charge in [-0.05, 0) is 69.0 Å². The Morgan fingerprint density at radius 3 is 2.79 bits per heavy atom. The molecule has 2 heterocycles. The van der Waals surface area contributed by atoms with Gasteiger partial charge in [-0.15, -0.1) is 11.3 Å². The third kappa shape index (κ3) is 7.61. The van der Waals surface area contributed by atoms with Crippen LogP contribution >= 0.6 is 11.3 Å². The molecule has 1 fully saturated rings. The van der Waals surface area contributed by atoms with Gasteiger partial charge in [-0.2, -0.15) is 0 Å². The van der Waals surface area contributed by atoms with Gasteiger partial charge in [0.05, 0.1) is 12.3 Å². The summed E-state index contributed by atoms with van der Waals surface area (Å²) in [4.78, 5) is 4.59. The average Bonchev–Trinajstić information content (AvgIpc) is 3.02. The molecule has 1 aromatic heterocycles. The van der Waals surface area contributed by atoms with E-state index in [0.29, 0.717) is 6.61 Å². The van der Waals surface area contributed by atoms with E-state index in [4.69, 9.17) is 4.74 Å². The highest BCUT2D eigenvalue weighted by Crippen LogP contribution is 2.23. The third-order valence-electron chi connectivity index (χ3n) is 5.47. The Morgan fingerprint density at radius 1 is 1.07 bits per heavy atom. The quantitative estimate of drug-likeness (QED) is 0.453. The summed E-state index contributed by atoms with van der Waals surface area (Å²) in [6.07, 6.45) is 12.0. The van der Waals surface area contributed by atoms with Crippen molar-refractivity contribution >= 4 is 11.3 Å². The monoisotopic (exact) mass is 404 g/mol. The predicted octanol–water partition coefficient (Wildman–Crippen LogP) is 6.20. The van der Waals surface area contributed by atoms with E-state index in [9.17, 15) is 4.39 Å². The number of benzene rings is 1. The molecule has 1 aliphatic rings. The van der Waals surface area contributed by atoms with Crippen LogP contribution in [0.2, 0.25) is 0 Å². The Labute approximate surface area is 172 Å². The molecule has 0 bridgehead atoms. The molecule has 0 spiro atoms. The minimum absolute atomic E-state index is 0.219. The molecule has 0 radical (unpaired) electrons. The van der Waals surface area contributed by atoms with Crippen LogP contribution in [0.4, 0.5) is 4.39 Å². The van der Waals surface area contributed by atoms with Gasteiger partial charge in [-0.25, -0.2) is 9.37 Å². The van der Waals surface area contributed by atoms with Crippen molar-refractivity contribution in [1.82, 2.24) is 10.3 Å². The summed E-state index contributed by atoms with van der Waals surface area (Å²) in [5, 5.41) is 6.56. The highest BCUT2D eigenvalue weighted by Gasteiger charge is 2.11. The molecule has 0 aliphatic carbocycles. The molecular weight excluding hydrogens is 371 g/mol. The number of rotatable bonds is 11. The van der Waals surface area contributed by atoms with Crippen LogP contribution in [-0.4, -0.2) is 24.7 Å². The number of halogens is 1. The maximum atomic E-state index is 13.0. The molecule has 0 amide bonds. The van der Waals surface area contributed by atoms with Crippen molar-refractivity contribution in [2.75, 3.05) is 19.7 Å². The summed E-state index contributed by atoms with van der Waals surface area (Å²) in [6.45, 7) is 3.82. The Kier molecular flexibility index (Phi) is 9.41. The molecule has 1 N–H and O–H groups in total. The number of unbranched alkanes of at least 4 members (excludes halogenated alkanes) is 4. The summed E-state index contributed by atoms with van der Waals surface area (Å²) in [7, 11) is 0. The number of thiazole rings is 1. The van der Waals surface area contributed by atoms with Crippen LogP contribution in [0.5, 0.6) is 0 Å². The average molecular weight is 405 g/mol. The van der Waals surface area contributed by atoms with Crippen LogP contribution in [0, 0.1) is 11.7 Å². The summed E-state index contributed by atoms with van der Waals surface area (Å²) < 4.78 is 18.8. The Balaban J connectivity index is 1.20. The maximum absolute atomic E-state index is 13.0. The minimum Gasteiger partial charge on any atom is -0.374 e. The van der Waals surface area contributed by atoms with Crippen LogP contribution in [0.25, 0.3) is 11.3 Å². The molecule has 1 atom stereocenters. The van der Waals surface area contributed by atoms with Gasteiger partial charge in [0.2, 0.25) is 0 Å². The van der Waals surface area contributed by atoms with E-state index in [1.807, 2.05) is 5.38 Å². The van der Waals surface area contributed by atoms with Crippen molar-refractivity contribution in [3.63, 3.8) is 0 Å². The lowest BCUT2D eigenvalue weighted by atomic mass is 9.96. The van der Waals surface area contributed by atoms with E-state index in [0.717, 1.165) is 35.2 Å². The number of nitrogens with zero attached hydrogens (tertiary/aromatic N) is 1. The first-order chi connectivity index (χ1) is 13.8. The number of hydrogen-bond acceptors (Lipinski definition) is 4. The van der Waals surface area contributed by atoms with Crippen LogP contribution in [0.3, 0.4) is 0 Å². The van der Waals surface area contributed by atoms with Gasteiger partial charge in [-0.3, -0.25) is 0 Å². The van der Waals surface area contributed by atoms with Gasteiger partial charge in [0, 0.05) is 17.6 Å². The van der Waals surface area contributed by atoms with Crippen LogP contribution in [-0.2, 0) is 11.3 Å². The second-order valence-electron chi connectivity index (χ2n) is 7.81. The first-order valence-electron chi connectivity index (χ1n) is 10.8. The van der Waals surface area contributed by atoms with Gasteiger partial charge < -0.3 is 10.1 Å². The third-order valence-corrected chi connectivity index (χ3v) is 6.29. The fraction of sp³-hybridized carbons (Fsp3) is 0.609. The van der Waals surface area contributed by atoms with Gasteiger partial charge in [-0.1, -0.05) is 32.1 Å². The zero-order valence-corrected chi connectivity index (χ0v) is 17.6. The zero-order chi connectivity index (χ0) is 19.4. The number of nitrogens with one attached hydrogen (secondary N) is 1. The fourth-order valence-electron chi connectivity index (χ4n) is 3.80. The largest absolute Gasteiger partial charge is 0.374 e. The highest BCUT2D eigenvalue weighted by atomic mass is 32.1. The van der Waals surface area contributed by atoms with Crippen molar-refractivity contribution in [2.24, 2.45) is 5.92 Å². The summed E-state index contributed by atoms with van der Waals surface area (Å²) >= 11 is 1.60. The number of ether oxygens (including phenoxy) is 1. The van der Waals surface area contributed by atoms with Gasteiger partial charge in [0.25, 0.3) is 0 Å². The van der Waals surface area contributed by atoms with Crippen molar-refractivity contribution in [1.29, 1.82) is 0 Å². The van der Waals surface area contributed by atoms with Crippen molar-refractivity contribution in [2.45, 2.75) is 64.4 Å². The SMILES string of the molecule is Fc1ccc(-c2csc(COCCCCCCCC3CCCCNC3)n2)cc1. The van der Waals surface area contributed by atoms with Crippen molar-refractivity contribution < 1.29 is 9.13 Å². The Bertz CT molecular complexity index is 665. The molecule has 1 saturated heterocycles. The fourth-order valence-corrected chi connectivity index (χ4v) is 4.53. The zero-order valence-electron chi connectivity index (χ0n) is 16.8. The Hall–Kier alpha value is -1.30. The molecule has 3 nitrogen and oxygen atoms in total. The first-order valence-corrected chi connectivity index (χ1v) is 11.7. The second kappa shape index (κ2) is 12.3. The summed E-state index contributed by atoms with van der Waals surface area (Å²) in [5.41, 5.74) is 1.84. The number of aromatic nitrogens is 1. The molecule has 28 heavy (non-hydrogen) atoms. The van der Waals surface area contributed by atoms with Gasteiger partial charge >= 0.3 is 0 Å². The van der Waals surface area contributed by atoms with E-state index in [1.165, 1.54) is 76.6 Å². The molecule has 5 heteroatoms. The lowest BCUT2D eigenvalue weighted by molar-refractivity contribution is 0.116. The van der Waals surface area contributed by atoms with E-state index in [2.05, 4.69) is 10.3 Å². The summed E-state index contributed by atoms with van der Waals surface area (Å²) in [6, 6.07) is 6.47. The molecule has 154 valence electrons. The van der Waals surface area contributed by atoms with Crippen molar-refractivity contribution in [3.05, 3.63) is 40.5 Å². The summed E-state index contributed by atoms with van der Waals surface area (Å²) in [5.74, 6) is 0.688.